The van der Waals surface area contributed by atoms with Crippen LogP contribution in [-0.4, -0.2) is 5.11 Å². The highest BCUT2D eigenvalue weighted by Crippen LogP contribution is 2.29. The quantitative estimate of drug-likeness (QED) is 0.656. The molecule has 0 aliphatic carbocycles. The number of benzene rings is 2. The maximum absolute atomic E-state index is 13.5. The number of halogens is 4. The minimum absolute atomic E-state index is 0.274. The third-order valence-corrected chi connectivity index (χ3v) is 2.82. The molecule has 20 heavy (non-hydrogen) atoms. The number of phenols is 1. The largest absolute Gasteiger partial charge is 0.507 e. The molecule has 2 aromatic carbocycles. The molecule has 2 aromatic rings. The number of nitrogens with one attached hydrogen (secondary N) is 1. The van der Waals surface area contributed by atoms with Gasteiger partial charge in [-0.15, -0.1) is 0 Å². The van der Waals surface area contributed by atoms with Crippen LogP contribution < -0.4 is 5.32 Å². The Morgan fingerprint density at radius 2 is 1.70 bits per heavy atom. The van der Waals surface area contributed by atoms with Crippen molar-refractivity contribution in [3.8, 4) is 5.75 Å². The average Bonchev–Trinajstić information content (AvgIpc) is 2.35. The monoisotopic (exact) mass is 285 g/mol. The number of phenolic OH excluding ortho intramolecular Hbond substituents is 1. The lowest BCUT2D eigenvalue weighted by Crippen LogP contribution is -2.09. The maximum atomic E-state index is 13.5. The van der Waals surface area contributed by atoms with Gasteiger partial charge >= 0.3 is 0 Å². The van der Waals surface area contributed by atoms with Crippen LogP contribution in [-0.2, 0) is 0 Å². The van der Waals surface area contributed by atoms with Gasteiger partial charge in [0.25, 0.3) is 0 Å². The van der Waals surface area contributed by atoms with Crippen LogP contribution in [0.4, 0.5) is 23.2 Å². The van der Waals surface area contributed by atoms with Gasteiger partial charge in [0.05, 0.1) is 11.7 Å². The third-order valence-electron chi connectivity index (χ3n) is 2.82. The Hall–Kier alpha value is -2.24. The van der Waals surface area contributed by atoms with E-state index < -0.39 is 29.3 Å². The van der Waals surface area contributed by atoms with Crippen LogP contribution >= 0.6 is 0 Å². The predicted octanol–water partition coefficient (Wildman–Crippen LogP) is 4.12. The Bertz CT molecular complexity index is 645. The summed E-state index contributed by atoms with van der Waals surface area (Å²) in [6, 6.07) is 3.88. The normalized spacial score (nSPS) is 12.2. The van der Waals surface area contributed by atoms with Crippen molar-refractivity contribution in [2.45, 2.75) is 13.0 Å². The zero-order chi connectivity index (χ0) is 14.9. The molecule has 6 heteroatoms. The van der Waals surface area contributed by atoms with E-state index in [0.717, 1.165) is 18.2 Å². The molecule has 0 heterocycles. The molecule has 2 rings (SSSR count). The summed E-state index contributed by atoms with van der Waals surface area (Å²) in [7, 11) is 0. The Kier molecular flexibility index (Phi) is 3.83. The van der Waals surface area contributed by atoms with Crippen molar-refractivity contribution in [3.05, 3.63) is 59.2 Å². The van der Waals surface area contributed by atoms with E-state index in [1.807, 2.05) is 0 Å². The van der Waals surface area contributed by atoms with Crippen LogP contribution in [0.5, 0.6) is 5.75 Å². The lowest BCUT2D eigenvalue weighted by Gasteiger charge is -2.17. The summed E-state index contributed by atoms with van der Waals surface area (Å²) in [4.78, 5) is 0. The van der Waals surface area contributed by atoms with Gasteiger partial charge in [-0.1, -0.05) is 6.07 Å². The molecular weight excluding hydrogens is 274 g/mol. The highest BCUT2D eigenvalue weighted by atomic mass is 19.2. The third kappa shape index (κ3) is 2.84. The first-order chi connectivity index (χ1) is 9.38. The SMILES string of the molecule is CC(Nc1cc(F)cc(F)c1F)c1ccc(F)cc1O. The van der Waals surface area contributed by atoms with Crippen molar-refractivity contribution in [3.63, 3.8) is 0 Å². The second-order valence-electron chi connectivity index (χ2n) is 4.32. The van der Waals surface area contributed by atoms with Gasteiger partial charge in [-0.2, -0.15) is 0 Å². The van der Waals surface area contributed by atoms with Crippen molar-refractivity contribution in [2.75, 3.05) is 5.32 Å². The number of aromatic hydroxyl groups is 1. The van der Waals surface area contributed by atoms with Gasteiger partial charge in [0.15, 0.2) is 11.6 Å². The summed E-state index contributed by atoms with van der Waals surface area (Å²) in [6.07, 6.45) is 0. The topological polar surface area (TPSA) is 32.3 Å². The van der Waals surface area contributed by atoms with Crippen molar-refractivity contribution in [2.24, 2.45) is 0 Å². The van der Waals surface area contributed by atoms with Crippen molar-refractivity contribution in [1.29, 1.82) is 0 Å². The molecule has 0 aromatic heterocycles. The van der Waals surface area contributed by atoms with Crippen LogP contribution in [0.2, 0.25) is 0 Å². The van der Waals surface area contributed by atoms with E-state index in [9.17, 15) is 22.7 Å². The molecular formula is C14H11F4NO. The van der Waals surface area contributed by atoms with E-state index in [0.29, 0.717) is 6.07 Å². The van der Waals surface area contributed by atoms with Crippen LogP contribution in [0.25, 0.3) is 0 Å². The van der Waals surface area contributed by atoms with Gasteiger partial charge in [0.1, 0.15) is 17.4 Å². The summed E-state index contributed by atoms with van der Waals surface area (Å²) in [5, 5.41) is 12.1. The molecule has 0 radical (unpaired) electrons. The second kappa shape index (κ2) is 5.40. The molecule has 0 spiro atoms. The van der Waals surface area contributed by atoms with Crippen LogP contribution in [0.1, 0.15) is 18.5 Å². The molecule has 0 saturated heterocycles. The predicted molar refractivity (Wildman–Crippen MR) is 66.4 cm³/mol. The van der Waals surface area contributed by atoms with Gasteiger partial charge < -0.3 is 10.4 Å². The van der Waals surface area contributed by atoms with Gasteiger partial charge in [0.2, 0.25) is 0 Å². The second-order valence-corrected chi connectivity index (χ2v) is 4.32. The molecule has 0 fully saturated rings. The summed E-state index contributed by atoms with van der Waals surface area (Å²) in [5.41, 5.74) is -0.103. The van der Waals surface area contributed by atoms with E-state index in [4.69, 9.17) is 0 Å². The van der Waals surface area contributed by atoms with E-state index in [2.05, 4.69) is 5.32 Å². The van der Waals surface area contributed by atoms with E-state index in [1.165, 1.54) is 13.0 Å². The Morgan fingerprint density at radius 1 is 1.00 bits per heavy atom. The molecule has 0 aliphatic rings. The molecule has 2 N–H and O–H groups in total. The minimum atomic E-state index is -1.32. The lowest BCUT2D eigenvalue weighted by molar-refractivity contribution is 0.458. The number of rotatable bonds is 3. The highest BCUT2D eigenvalue weighted by molar-refractivity contribution is 5.49. The molecule has 0 bridgehead atoms. The van der Waals surface area contributed by atoms with E-state index in [1.54, 1.807) is 0 Å². The number of anilines is 1. The molecule has 106 valence electrons. The minimum Gasteiger partial charge on any atom is -0.507 e. The highest BCUT2D eigenvalue weighted by Gasteiger charge is 2.16. The first-order valence-electron chi connectivity index (χ1n) is 5.78. The fraction of sp³-hybridized carbons (Fsp3) is 0.143. The summed E-state index contributed by atoms with van der Waals surface area (Å²) in [6.45, 7) is 1.54. The summed E-state index contributed by atoms with van der Waals surface area (Å²) >= 11 is 0. The van der Waals surface area contributed by atoms with Gasteiger partial charge in [-0.05, 0) is 13.0 Å². The summed E-state index contributed by atoms with van der Waals surface area (Å²) in [5.74, 6) is -4.42. The fourth-order valence-corrected chi connectivity index (χ4v) is 1.86. The van der Waals surface area contributed by atoms with E-state index in [-0.39, 0.29) is 17.0 Å². The van der Waals surface area contributed by atoms with Crippen molar-refractivity contribution < 1.29 is 22.7 Å². The Balaban J connectivity index is 2.30. The zero-order valence-corrected chi connectivity index (χ0v) is 10.4. The number of hydrogen-bond donors (Lipinski definition) is 2. The van der Waals surface area contributed by atoms with Crippen molar-refractivity contribution in [1.82, 2.24) is 0 Å². The van der Waals surface area contributed by atoms with Gasteiger partial charge in [-0.25, -0.2) is 17.6 Å². The Morgan fingerprint density at radius 3 is 2.35 bits per heavy atom. The molecule has 1 atom stereocenters. The van der Waals surface area contributed by atoms with E-state index >= 15 is 0 Å². The molecule has 0 amide bonds. The molecule has 0 saturated carbocycles. The first-order valence-corrected chi connectivity index (χ1v) is 5.78. The van der Waals surface area contributed by atoms with Crippen LogP contribution in [0, 0.1) is 23.3 Å². The lowest BCUT2D eigenvalue weighted by atomic mass is 10.1. The molecule has 0 aliphatic heterocycles. The standard InChI is InChI=1S/C14H11F4NO/c1-7(10-3-2-8(15)6-13(10)20)19-12-5-9(16)4-11(17)14(12)18/h2-7,19-20H,1H3. The van der Waals surface area contributed by atoms with Crippen molar-refractivity contribution >= 4 is 5.69 Å². The smallest absolute Gasteiger partial charge is 0.182 e. The zero-order valence-electron chi connectivity index (χ0n) is 10.4. The molecule has 1 unspecified atom stereocenters. The first kappa shape index (κ1) is 14.2. The van der Waals surface area contributed by atoms with Gasteiger partial charge in [-0.3, -0.25) is 0 Å². The maximum Gasteiger partial charge on any atom is 0.182 e. The van der Waals surface area contributed by atoms with Crippen LogP contribution in [0.15, 0.2) is 30.3 Å². The van der Waals surface area contributed by atoms with Crippen LogP contribution in [0.3, 0.4) is 0 Å². The average molecular weight is 285 g/mol. The van der Waals surface area contributed by atoms with Gasteiger partial charge in [0, 0.05) is 23.8 Å². The fourth-order valence-electron chi connectivity index (χ4n) is 1.86. The Labute approximate surface area is 112 Å². The summed E-state index contributed by atoms with van der Waals surface area (Å²) < 4.78 is 52.5. The molecule has 2 nitrogen and oxygen atoms in total. The number of hydrogen-bond acceptors (Lipinski definition) is 2.